The van der Waals surface area contributed by atoms with Crippen molar-refractivity contribution in [2.45, 2.75) is 26.4 Å². The van der Waals surface area contributed by atoms with Crippen LogP contribution in [0.15, 0.2) is 36.5 Å². The van der Waals surface area contributed by atoms with Crippen LogP contribution < -0.4 is 9.47 Å². The van der Waals surface area contributed by atoms with Crippen LogP contribution in [0.4, 0.5) is 13.6 Å². The molecule has 1 aliphatic carbocycles. The van der Waals surface area contributed by atoms with Gasteiger partial charge in [-0.1, -0.05) is 0 Å². The number of aromatic nitrogens is 2. The Morgan fingerprint density at radius 2 is 1.86 bits per heavy atom. The second-order valence-corrected chi connectivity index (χ2v) is 9.99. The Hall–Kier alpha value is -4.00. The Balaban J connectivity index is 1.22. The van der Waals surface area contributed by atoms with Crippen LogP contribution >= 0.6 is 0 Å². The topological polar surface area (TPSA) is 97.6 Å². The van der Waals surface area contributed by atoms with E-state index >= 15 is 0 Å². The van der Waals surface area contributed by atoms with Gasteiger partial charge in [-0.15, -0.1) is 0 Å². The smallest absolute Gasteiger partial charge is 0.410 e. The first-order chi connectivity index (χ1) is 17.1. The van der Waals surface area contributed by atoms with Crippen LogP contribution in [0.1, 0.15) is 26.3 Å². The second kappa shape index (κ2) is 8.90. The molecular formula is C26H24F2N4O4. The van der Waals surface area contributed by atoms with E-state index in [4.69, 9.17) is 19.5 Å². The highest BCUT2D eigenvalue weighted by atomic mass is 19.1. The number of piperidine rings is 1. The average molecular weight is 494 g/mol. The molecule has 2 heterocycles. The molecule has 2 aromatic carbocycles. The third-order valence-corrected chi connectivity index (χ3v) is 6.33. The predicted molar refractivity (Wildman–Crippen MR) is 124 cm³/mol. The molecule has 0 radical (unpaired) electrons. The first-order valence-corrected chi connectivity index (χ1v) is 11.6. The Morgan fingerprint density at radius 3 is 2.56 bits per heavy atom. The standard InChI is InChI=1S/C26H24F2N4O4/c1-26(2,3)36-25(33)32-11-16-17(12-32)18(16)13-34-23-10-30-21-7-4-14(8-22(21)31-23)35-24-15(9-29)19(27)5-6-20(24)28/h4-8,10,16-18H,11-13H2,1-3H3/t16-,17+,18+. The fourth-order valence-electron chi connectivity index (χ4n) is 4.52. The van der Waals surface area contributed by atoms with Gasteiger partial charge >= 0.3 is 6.09 Å². The first-order valence-electron chi connectivity index (χ1n) is 11.6. The molecule has 3 aromatic rings. The summed E-state index contributed by atoms with van der Waals surface area (Å²) in [6.07, 6.45) is 1.24. The number of ether oxygens (including phenoxy) is 3. The molecular weight excluding hydrogens is 470 g/mol. The quantitative estimate of drug-likeness (QED) is 0.489. The maximum atomic E-state index is 14.2. The van der Waals surface area contributed by atoms with Gasteiger partial charge in [0.2, 0.25) is 5.88 Å². The van der Waals surface area contributed by atoms with Crippen molar-refractivity contribution >= 4 is 17.1 Å². The van der Waals surface area contributed by atoms with Gasteiger partial charge in [0.25, 0.3) is 0 Å². The van der Waals surface area contributed by atoms with Crippen molar-refractivity contribution in [3.63, 3.8) is 0 Å². The SMILES string of the molecule is CC(C)(C)OC(=O)N1C[C@@H]2[C@@H](COc3cnc4ccc(Oc5c(F)ccc(F)c5C#N)cc4n3)[C@@H]2C1. The van der Waals surface area contributed by atoms with Crippen molar-refractivity contribution in [1.29, 1.82) is 5.26 Å². The minimum Gasteiger partial charge on any atom is -0.476 e. The zero-order valence-electron chi connectivity index (χ0n) is 20.0. The third kappa shape index (κ3) is 4.73. The molecule has 3 atom stereocenters. The number of rotatable bonds is 5. The predicted octanol–water partition coefficient (Wildman–Crippen LogP) is 5.06. The third-order valence-electron chi connectivity index (χ3n) is 6.33. The number of carbonyl (C=O) groups is 1. The van der Waals surface area contributed by atoms with Crippen LogP contribution in [0, 0.1) is 40.7 Å². The molecule has 1 amide bonds. The van der Waals surface area contributed by atoms with Gasteiger partial charge in [-0.3, -0.25) is 0 Å². The first kappa shape index (κ1) is 23.7. The Kier molecular flexibility index (Phi) is 5.86. The second-order valence-electron chi connectivity index (χ2n) is 9.99. The van der Waals surface area contributed by atoms with Gasteiger partial charge < -0.3 is 19.1 Å². The van der Waals surface area contributed by atoms with E-state index in [1.165, 1.54) is 18.3 Å². The van der Waals surface area contributed by atoms with E-state index in [-0.39, 0.29) is 11.8 Å². The molecule has 10 heteroatoms. The largest absolute Gasteiger partial charge is 0.476 e. The molecule has 186 valence electrons. The molecule has 1 aliphatic heterocycles. The summed E-state index contributed by atoms with van der Waals surface area (Å²) in [5.41, 5.74) is -0.0349. The number of likely N-dealkylation sites (tertiary alicyclic amines) is 1. The highest BCUT2D eigenvalue weighted by Gasteiger charge is 2.57. The summed E-state index contributed by atoms with van der Waals surface area (Å²) in [6, 6.07) is 8.08. The van der Waals surface area contributed by atoms with Crippen molar-refractivity contribution in [3.8, 4) is 23.4 Å². The number of halogens is 2. The van der Waals surface area contributed by atoms with Crippen LogP contribution in [0.25, 0.3) is 11.0 Å². The number of carbonyl (C=O) groups excluding carboxylic acids is 1. The summed E-state index contributed by atoms with van der Waals surface area (Å²) in [6.45, 7) is 7.30. The van der Waals surface area contributed by atoms with E-state index in [2.05, 4.69) is 9.97 Å². The van der Waals surface area contributed by atoms with E-state index in [1.807, 2.05) is 20.8 Å². The maximum Gasteiger partial charge on any atom is 0.410 e. The Labute approximate surface area is 206 Å². The molecule has 8 nitrogen and oxygen atoms in total. The molecule has 2 fully saturated rings. The van der Waals surface area contributed by atoms with Crippen LogP contribution in [0.2, 0.25) is 0 Å². The average Bonchev–Trinajstić information content (AvgIpc) is 3.26. The van der Waals surface area contributed by atoms with Gasteiger partial charge in [-0.25, -0.2) is 23.5 Å². The molecule has 1 saturated heterocycles. The number of hydrogen-bond acceptors (Lipinski definition) is 7. The molecule has 2 aliphatic rings. The minimum atomic E-state index is -0.871. The maximum absolute atomic E-state index is 14.2. The Bertz CT molecular complexity index is 1370. The number of nitriles is 1. The zero-order chi connectivity index (χ0) is 25.6. The lowest BCUT2D eigenvalue weighted by Gasteiger charge is -2.25. The van der Waals surface area contributed by atoms with E-state index in [0.717, 1.165) is 12.1 Å². The highest BCUT2D eigenvalue weighted by Crippen LogP contribution is 2.52. The van der Waals surface area contributed by atoms with Gasteiger partial charge in [-0.05, 0) is 56.9 Å². The van der Waals surface area contributed by atoms with E-state index in [0.29, 0.717) is 54.4 Å². The van der Waals surface area contributed by atoms with Gasteiger partial charge in [0.15, 0.2) is 11.6 Å². The van der Waals surface area contributed by atoms with Crippen molar-refractivity contribution in [2.24, 2.45) is 17.8 Å². The molecule has 5 rings (SSSR count). The van der Waals surface area contributed by atoms with E-state index in [9.17, 15) is 13.6 Å². The molecule has 0 N–H and O–H groups in total. The molecule has 0 bridgehead atoms. The summed E-state index contributed by atoms with van der Waals surface area (Å²) in [7, 11) is 0. The lowest BCUT2D eigenvalue weighted by molar-refractivity contribution is 0.0260. The molecule has 0 spiro atoms. The monoisotopic (exact) mass is 494 g/mol. The molecule has 36 heavy (non-hydrogen) atoms. The summed E-state index contributed by atoms with van der Waals surface area (Å²) in [5.74, 6) is -0.630. The van der Waals surface area contributed by atoms with Crippen LogP contribution in [-0.4, -0.2) is 46.3 Å². The molecule has 0 unspecified atom stereocenters. The van der Waals surface area contributed by atoms with Crippen molar-refractivity contribution in [2.75, 3.05) is 19.7 Å². The van der Waals surface area contributed by atoms with Crippen molar-refractivity contribution in [1.82, 2.24) is 14.9 Å². The highest BCUT2D eigenvalue weighted by molar-refractivity contribution is 5.76. The lowest BCUT2D eigenvalue weighted by Crippen LogP contribution is -2.37. The number of benzene rings is 2. The van der Waals surface area contributed by atoms with E-state index in [1.54, 1.807) is 17.0 Å². The number of hydrogen-bond donors (Lipinski definition) is 0. The minimum absolute atomic E-state index is 0.175. The van der Waals surface area contributed by atoms with Crippen LogP contribution in [0.3, 0.4) is 0 Å². The summed E-state index contributed by atoms with van der Waals surface area (Å²) < 4.78 is 44.9. The van der Waals surface area contributed by atoms with Gasteiger partial charge in [0.1, 0.15) is 28.8 Å². The number of fused-ring (bicyclic) bond motifs is 2. The van der Waals surface area contributed by atoms with E-state index < -0.39 is 28.5 Å². The lowest BCUT2D eigenvalue weighted by atomic mass is 10.2. The molecule has 1 aromatic heterocycles. The fourth-order valence-corrected chi connectivity index (χ4v) is 4.52. The van der Waals surface area contributed by atoms with Crippen molar-refractivity contribution < 1.29 is 27.8 Å². The normalized spacial score (nSPS) is 20.6. The number of amides is 1. The van der Waals surface area contributed by atoms with Gasteiger partial charge in [0, 0.05) is 25.1 Å². The zero-order valence-corrected chi connectivity index (χ0v) is 20.0. The van der Waals surface area contributed by atoms with Crippen LogP contribution in [-0.2, 0) is 4.74 Å². The number of nitrogens with zero attached hydrogens (tertiary/aromatic N) is 4. The van der Waals surface area contributed by atoms with Crippen molar-refractivity contribution in [3.05, 3.63) is 53.7 Å². The van der Waals surface area contributed by atoms with Gasteiger partial charge in [0.05, 0.1) is 23.8 Å². The Morgan fingerprint density at radius 1 is 1.14 bits per heavy atom. The van der Waals surface area contributed by atoms with Gasteiger partial charge in [-0.2, -0.15) is 5.26 Å². The van der Waals surface area contributed by atoms with Crippen LogP contribution in [0.5, 0.6) is 17.4 Å². The summed E-state index contributed by atoms with van der Waals surface area (Å²) in [4.78, 5) is 22.8. The summed E-state index contributed by atoms with van der Waals surface area (Å²) in [5, 5.41) is 9.16. The summed E-state index contributed by atoms with van der Waals surface area (Å²) >= 11 is 0. The fraction of sp³-hybridized carbons (Fsp3) is 0.385. The molecule has 1 saturated carbocycles.